The van der Waals surface area contributed by atoms with Gasteiger partial charge >= 0.3 is 5.97 Å². The van der Waals surface area contributed by atoms with E-state index >= 15 is 0 Å². The standard InChI is InChI=1S/C15H20O4/c1-8-4-5-10-9(2)13(17)19-12(10)14(3)11(16)6-7-15(8,14)18/h8,10,12,18H,2,4-7H2,1,3H3/t8-,10+,12-,14-,15+/m0/s1. The molecule has 0 radical (unpaired) electrons. The number of rotatable bonds is 0. The number of Topliss-reactive ketones (excluding diaryl/α,β-unsaturated/α-hetero) is 1. The number of aliphatic hydroxyl groups is 1. The van der Waals surface area contributed by atoms with E-state index in [0.717, 1.165) is 12.8 Å². The summed E-state index contributed by atoms with van der Waals surface area (Å²) in [6.07, 6.45) is 1.83. The van der Waals surface area contributed by atoms with E-state index in [1.807, 2.05) is 6.92 Å². The molecular weight excluding hydrogens is 244 g/mol. The van der Waals surface area contributed by atoms with Gasteiger partial charge in [-0.25, -0.2) is 4.79 Å². The van der Waals surface area contributed by atoms with Gasteiger partial charge in [0.25, 0.3) is 0 Å². The molecule has 4 nitrogen and oxygen atoms in total. The SMILES string of the molecule is C=C1C(=O)O[C@H]2[C@@H]1CC[C@H](C)[C@]1(O)CCC(=O)[C@@]21C. The van der Waals surface area contributed by atoms with Crippen molar-refractivity contribution in [2.75, 3.05) is 0 Å². The normalized spacial score (nSPS) is 49.6. The highest BCUT2D eigenvalue weighted by molar-refractivity contribution is 5.94. The van der Waals surface area contributed by atoms with Crippen molar-refractivity contribution in [1.29, 1.82) is 0 Å². The smallest absolute Gasteiger partial charge is 0.334 e. The van der Waals surface area contributed by atoms with E-state index in [9.17, 15) is 14.7 Å². The van der Waals surface area contributed by atoms with Crippen molar-refractivity contribution in [2.24, 2.45) is 17.3 Å². The molecule has 1 N–H and O–H groups in total. The average molecular weight is 264 g/mol. The first-order chi connectivity index (χ1) is 8.82. The molecule has 2 aliphatic carbocycles. The van der Waals surface area contributed by atoms with E-state index in [1.165, 1.54) is 0 Å². The Morgan fingerprint density at radius 2 is 2.05 bits per heavy atom. The number of fused-ring (bicyclic) bond motifs is 3. The Balaban J connectivity index is 2.14. The highest BCUT2D eigenvalue weighted by Crippen LogP contribution is 2.58. The second-order valence-corrected chi connectivity index (χ2v) is 6.49. The zero-order valence-corrected chi connectivity index (χ0v) is 11.4. The molecule has 19 heavy (non-hydrogen) atoms. The second kappa shape index (κ2) is 3.69. The fraction of sp³-hybridized carbons (Fsp3) is 0.733. The number of carbonyl (C=O) groups excluding carboxylic acids is 2. The lowest BCUT2D eigenvalue weighted by Crippen LogP contribution is -2.56. The maximum atomic E-state index is 12.4. The summed E-state index contributed by atoms with van der Waals surface area (Å²) >= 11 is 0. The quantitative estimate of drug-likeness (QED) is 0.533. The van der Waals surface area contributed by atoms with Crippen LogP contribution in [0.1, 0.15) is 39.5 Å². The van der Waals surface area contributed by atoms with Gasteiger partial charge in [0.2, 0.25) is 0 Å². The first kappa shape index (κ1) is 12.9. The van der Waals surface area contributed by atoms with Crippen LogP contribution in [0.2, 0.25) is 0 Å². The highest BCUT2D eigenvalue weighted by Gasteiger charge is 2.68. The third-order valence-electron chi connectivity index (χ3n) is 5.82. The summed E-state index contributed by atoms with van der Waals surface area (Å²) in [5.74, 6) is -0.494. The van der Waals surface area contributed by atoms with Crippen LogP contribution >= 0.6 is 0 Å². The molecule has 1 heterocycles. The Hall–Kier alpha value is -1.16. The zero-order chi connectivity index (χ0) is 14.0. The predicted octanol–water partition coefficient (Wildman–Crippen LogP) is 1.61. The number of carbonyl (C=O) groups is 2. The van der Waals surface area contributed by atoms with Crippen LogP contribution in [0.4, 0.5) is 0 Å². The van der Waals surface area contributed by atoms with Gasteiger partial charge in [-0.3, -0.25) is 4.79 Å². The Morgan fingerprint density at radius 3 is 2.74 bits per heavy atom. The molecule has 3 aliphatic rings. The predicted molar refractivity (Wildman–Crippen MR) is 68.2 cm³/mol. The number of esters is 1. The average Bonchev–Trinajstić information content (AvgIpc) is 2.76. The lowest BCUT2D eigenvalue weighted by molar-refractivity contribution is -0.171. The zero-order valence-electron chi connectivity index (χ0n) is 11.4. The summed E-state index contributed by atoms with van der Waals surface area (Å²) in [5, 5.41) is 11.1. The Kier molecular flexibility index (Phi) is 2.50. The molecule has 0 aromatic heterocycles. The van der Waals surface area contributed by atoms with Gasteiger partial charge in [0.05, 0.1) is 11.0 Å². The van der Waals surface area contributed by atoms with Crippen LogP contribution in [0.3, 0.4) is 0 Å². The van der Waals surface area contributed by atoms with Crippen molar-refractivity contribution in [1.82, 2.24) is 0 Å². The number of ether oxygens (including phenoxy) is 1. The van der Waals surface area contributed by atoms with Gasteiger partial charge in [-0.15, -0.1) is 0 Å². The summed E-state index contributed by atoms with van der Waals surface area (Å²) < 4.78 is 5.44. The molecule has 2 saturated carbocycles. The maximum Gasteiger partial charge on any atom is 0.334 e. The molecule has 0 unspecified atom stereocenters. The minimum Gasteiger partial charge on any atom is -0.457 e. The lowest BCUT2D eigenvalue weighted by Gasteiger charge is -2.43. The number of hydrogen-bond donors (Lipinski definition) is 1. The molecule has 0 amide bonds. The van der Waals surface area contributed by atoms with Crippen molar-refractivity contribution < 1.29 is 19.4 Å². The van der Waals surface area contributed by atoms with Crippen molar-refractivity contribution in [3.8, 4) is 0 Å². The van der Waals surface area contributed by atoms with Crippen LogP contribution < -0.4 is 0 Å². The first-order valence-corrected chi connectivity index (χ1v) is 6.98. The Bertz CT molecular complexity index is 483. The minimum absolute atomic E-state index is 0.0150. The minimum atomic E-state index is -1.06. The summed E-state index contributed by atoms with van der Waals surface area (Å²) in [4.78, 5) is 24.2. The second-order valence-electron chi connectivity index (χ2n) is 6.49. The molecule has 0 bridgehead atoms. The van der Waals surface area contributed by atoms with Crippen molar-refractivity contribution in [3.63, 3.8) is 0 Å². The summed E-state index contributed by atoms with van der Waals surface area (Å²) in [6.45, 7) is 7.57. The van der Waals surface area contributed by atoms with Crippen molar-refractivity contribution >= 4 is 11.8 Å². The van der Waals surface area contributed by atoms with E-state index in [-0.39, 0.29) is 17.6 Å². The highest BCUT2D eigenvalue weighted by atomic mass is 16.6. The van der Waals surface area contributed by atoms with Crippen LogP contribution in [-0.2, 0) is 14.3 Å². The molecule has 0 aromatic carbocycles. The lowest BCUT2D eigenvalue weighted by atomic mass is 9.65. The monoisotopic (exact) mass is 264 g/mol. The Morgan fingerprint density at radius 1 is 1.37 bits per heavy atom. The van der Waals surface area contributed by atoms with Gasteiger partial charge in [0, 0.05) is 17.9 Å². The van der Waals surface area contributed by atoms with E-state index < -0.39 is 23.1 Å². The van der Waals surface area contributed by atoms with E-state index in [1.54, 1.807) is 6.92 Å². The van der Waals surface area contributed by atoms with Gasteiger partial charge in [-0.2, -0.15) is 0 Å². The van der Waals surface area contributed by atoms with Crippen LogP contribution in [0.15, 0.2) is 12.2 Å². The molecule has 5 atom stereocenters. The molecule has 4 heteroatoms. The van der Waals surface area contributed by atoms with Gasteiger partial charge in [-0.1, -0.05) is 13.5 Å². The van der Waals surface area contributed by atoms with Gasteiger partial charge in [0.1, 0.15) is 11.9 Å². The number of hydrogen-bond acceptors (Lipinski definition) is 4. The van der Waals surface area contributed by atoms with E-state index in [0.29, 0.717) is 18.4 Å². The molecule has 3 fully saturated rings. The van der Waals surface area contributed by atoms with Gasteiger partial charge in [0.15, 0.2) is 0 Å². The van der Waals surface area contributed by atoms with E-state index in [4.69, 9.17) is 4.74 Å². The van der Waals surface area contributed by atoms with Gasteiger partial charge < -0.3 is 9.84 Å². The molecule has 3 rings (SSSR count). The summed E-state index contributed by atoms with van der Waals surface area (Å²) in [5.41, 5.74) is -1.58. The van der Waals surface area contributed by atoms with E-state index in [2.05, 4.69) is 6.58 Å². The maximum absolute atomic E-state index is 12.4. The molecule has 0 spiro atoms. The van der Waals surface area contributed by atoms with Crippen LogP contribution in [0.25, 0.3) is 0 Å². The van der Waals surface area contributed by atoms with Crippen molar-refractivity contribution in [2.45, 2.75) is 51.2 Å². The van der Waals surface area contributed by atoms with Crippen LogP contribution in [0, 0.1) is 17.3 Å². The van der Waals surface area contributed by atoms with Crippen LogP contribution in [-0.4, -0.2) is 28.6 Å². The Labute approximate surface area is 112 Å². The van der Waals surface area contributed by atoms with Gasteiger partial charge in [-0.05, 0) is 32.1 Å². The third-order valence-corrected chi connectivity index (χ3v) is 5.82. The summed E-state index contributed by atoms with van der Waals surface area (Å²) in [6, 6.07) is 0. The van der Waals surface area contributed by atoms with Crippen molar-refractivity contribution in [3.05, 3.63) is 12.2 Å². The largest absolute Gasteiger partial charge is 0.457 e. The fourth-order valence-electron chi connectivity index (χ4n) is 4.35. The molecule has 0 aromatic rings. The first-order valence-electron chi connectivity index (χ1n) is 6.98. The molecule has 1 aliphatic heterocycles. The number of ketones is 1. The molecule has 1 saturated heterocycles. The summed E-state index contributed by atoms with van der Waals surface area (Å²) in [7, 11) is 0. The van der Waals surface area contributed by atoms with Crippen LogP contribution in [0.5, 0.6) is 0 Å². The third kappa shape index (κ3) is 1.33. The molecule has 104 valence electrons. The fourth-order valence-corrected chi connectivity index (χ4v) is 4.35. The molecular formula is C15H20O4. The topological polar surface area (TPSA) is 63.6 Å².